The van der Waals surface area contributed by atoms with Crippen LogP contribution in [0.25, 0.3) is 10.9 Å². The molecule has 0 atom stereocenters. The molecular formula is C16H16N4O2. The first kappa shape index (κ1) is 14.1. The average Bonchev–Trinajstić information content (AvgIpc) is 3.01. The first-order valence-corrected chi connectivity index (χ1v) is 7.07. The van der Waals surface area contributed by atoms with Crippen molar-refractivity contribution in [1.82, 2.24) is 20.5 Å². The molecule has 2 aromatic heterocycles. The topological polar surface area (TPSA) is 79.9 Å². The highest BCUT2D eigenvalue weighted by molar-refractivity contribution is 5.92. The molecule has 3 aromatic rings. The molecule has 0 saturated carbocycles. The fourth-order valence-electron chi connectivity index (χ4n) is 2.15. The standard InChI is InChI=1S/C16H16N4O2/c1-2-22-15-6-5-14(19-20-15)16(21)18-10-11-3-4-13-12(9-11)7-8-17-13/h3-9,17H,2,10H2,1H3,(H,18,21). The second kappa shape index (κ2) is 6.26. The highest BCUT2D eigenvalue weighted by Crippen LogP contribution is 2.14. The molecule has 0 aliphatic heterocycles. The molecule has 0 saturated heterocycles. The molecular weight excluding hydrogens is 280 g/mol. The SMILES string of the molecule is CCOc1ccc(C(=O)NCc2ccc3[nH]ccc3c2)nn1. The fourth-order valence-corrected chi connectivity index (χ4v) is 2.15. The lowest BCUT2D eigenvalue weighted by Gasteiger charge is -2.05. The van der Waals surface area contributed by atoms with Crippen molar-refractivity contribution in [3.05, 3.63) is 53.9 Å². The molecule has 112 valence electrons. The number of hydrogen-bond donors (Lipinski definition) is 2. The summed E-state index contributed by atoms with van der Waals surface area (Å²) in [4.78, 5) is 15.2. The van der Waals surface area contributed by atoms with Crippen molar-refractivity contribution in [3.8, 4) is 5.88 Å². The van der Waals surface area contributed by atoms with Gasteiger partial charge in [-0.15, -0.1) is 10.2 Å². The number of aromatic amines is 1. The van der Waals surface area contributed by atoms with E-state index in [4.69, 9.17) is 4.74 Å². The van der Waals surface area contributed by atoms with Crippen LogP contribution >= 0.6 is 0 Å². The first-order valence-electron chi connectivity index (χ1n) is 7.07. The van der Waals surface area contributed by atoms with Crippen molar-refractivity contribution in [2.45, 2.75) is 13.5 Å². The molecule has 0 radical (unpaired) electrons. The number of amides is 1. The zero-order chi connectivity index (χ0) is 15.4. The number of nitrogens with one attached hydrogen (secondary N) is 2. The number of carbonyl (C=O) groups is 1. The number of fused-ring (bicyclic) bond motifs is 1. The smallest absolute Gasteiger partial charge is 0.272 e. The van der Waals surface area contributed by atoms with E-state index in [0.29, 0.717) is 19.0 Å². The van der Waals surface area contributed by atoms with Crippen LogP contribution in [-0.4, -0.2) is 27.7 Å². The first-order chi connectivity index (χ1) is 10.8. The molecule has 1 amide bonds. The maximum Gasteiger partial charge on any atom is 0.272 e. The fraction of sp³-hybridized carbons (Fsp3) is 0.188. The third-order valence-electron chi connectivity index (χ3n) is 3.24. The zero-order valence-electron chi connectivity index (χ0n) is 12.2. The van der Waals surface area contributed by atoms with Gasteiger partial charge in [0, 0.05) is 24.3 Å². The number of hydrogen-bond acceptors (Lipinski definition) is 4. The van der Waals surface area contributed by atoms with E-state index in [0.717, 1.165) is 16.5 Å². The van der Waals surface area contributed by atoms with Crippen LogP contribution in [0.15, 0.2) is 42.6 Å². The predicted octanol–water partition coefficient (Wildman–Crippen LogP) is 2.29. The van der Waals surface area contributed by atoms with Gasteiger partial charge in [-0.2, -0.15) is 0 Å². The summed E-state index contributed by atoms with van der Waals surface area (Å²) in [5.74, 6) is 0.154. The summed E-state index contributed by atoms with van der Waals surface area (Å²) in [5.41, 5.74) is 2.37. The van der Waals surface area contributed by atoms with Crippen LogP contribution in [0, 0.1) is 0 Å². The van der Waals surface area contributed by atoms with Crippen molar-refractivity contribution < 1.29 is 9.53 Å². The third-order valence-corrected chi connectivity index (χ3v) is 3.24. The van der Waals surface area contributed by atoms with Crippen molar-refractivity contribution in [3.63, 3.8) is 0 Å². The molecule has 22 heavy (non-hydrogen) atoms. The maximum atomic E-state index is 12.0. The third kappa shape index (κ3) is 3.06. The molecule has 0 spiro atoms. The number of nitrogens with zero attached hydrogens (tertiary/aromatic N) is 2. The minimum atomic E-state index is -0.260. The van der Waals surface area contributed by atoms with E-state index in [9.17, 15) is 4.79 Å². The summed E-state index contributed by atoms with van der Waals surface area (Å²) in [6.07, 6.45) is 1.89. The van der Waals surface area contributed by atoms with Crippen LogP contribution in [0.4, 0.5) is 0 Å². The van der Waals surface area contributed by atoms with Gasteiger partial charge in [0.05, 0.1) is 6.61 Å². The second-order valence-corrected chi connectivity index (χ2v) is 4.77. The Kier molecular flexibility index (Phi) is 4.00. The number of H-pyrrole nitrogens is 1. The lowest BCUT2D eigenvalue weighted by atomic mass is 10.1. The van der Waals surface area contributed by atoms with Crippen LogP contribution < -0.4 is 10.1 Å². The van der Waals surface area contributed by atoms with E-state index in [1.54, 1.807) is 12.1 Å². The number of carbonyl (C=O) groups excluding carboxylic acids is 1. The van der Waals surface area contributed by atoms with Crippen LogP contribution in [0.2, 0.25) is 0 Å². The molecule has 2 N–H and O–H groups in total. The number of rotatable bonds is 5. The molecule has 0 unspecified atom stereocenters. The molecule has 0 fully saturated rings. The van der Waals surface area contributed by atoms with Crippen LogP contribution in [0.1, 0.15) is 23.0 Å². The van der Waals surface area contributed by atoms with E-state index in [2.05, 4.69) is 20.5 Å². The van der Waals surface area contributed by atoms with Gasteiger partial charge in [0.15, 0.2) is 5.69 Å². The largest absolute Gasteiger partial charge is 0.477 e. The summed E-state index contributed by atoms with van der Waals surface area (Å²) >= 11 is 0. The molecule has 3 rings (SSSR count). The summed E-state index contributed by atoms with van der Waals surface area (Å²) in [7, 11) is 0. The molecule has 0 bridgehead atoms. The monoisotopic (exact) mass is 296 g/mol. The molecule has 0 aliphatic carbocycles. The molecule has 6 nitrogen and oxygen atoms in total. The Bertz CT molecular complexity index is 780. The van der Waals surface area contributed by atoms with Gasteiger partial charge in [0.1, 0.15) is 0 Å². The zero-order valence-corrected chi connectivity index (χ0v) is 12.2. The Labute approximate surface area is 127 Å². The van der Waals surface area contributed by atoms with Gasteiger partial charge in [-0.1, -0.05) is 6.07 Å². The number of aromatic nitrogens is 3. The van der Waals surface area contributed by atoms with Crippen molar-refractivity contribution >= 4 is 16.8 Å². The van der Waals surface area contributed by atoms with Gasteiger partial charge in [-0.05, 0) is 42.1 Å². The van der Waals surface area contributed by atoms with E-state index in [1.807, 2.05) is 37.4 Å². The van der Waals surface area contributed by atoms with Crippen molar-refractivity contribution in [2.24, 2.45) is 0 Å². The minimum Gasteiger partial charge on any atom is -0.477 e. The minimum absolute atomic E-state index is 0.260. The Morgan fingerprint density at radius 3 is 2.91 bits per heavy atom. The normalized spacial score (nSPS) is 10.6. The average molecular weight is 296 g/mol. The Morgan fingerprint density at radius 1 is 1.23 bits per heavy atom. The van der Waals surface area contributed by atoms with E-state index in [-0.39, 0.29) is 11.6 Å². The second-order valence-electron chi connectivity index (χ2n) is 4.77. The van der Waals surface area contributed by atoms with Crippen molar-refractivity contribution in [1.29, 1.82) is 0 Å². The van der Waals surface area contributed by atoms with Crippen LogP contribution in [0.5, 0.6) is 5.88 Å². The molecule has 2 heterocycles. The van der Waals surface area contributed by atoms with Crippen LogP contribution in [-0.2, 0) is 6.54 Å². The number of benzene rings is 1. The predicted molar refractivity (Wildman–Crippen MR) is 82.7 cm³/mol. The Hall–Kier alpha value is -2.89. The van der Waals surface area contributed by atoms with Gasteiger partial charge in [0.25, 0.3) is 5.91 Å². The van der Waals surface area contributed by atoms with E-state index in [1.165, 1.54) is 0 Å². The number of ether oxygens (including phenoxy) is 1. The lowest BCUT2D eigenvalue weighted by Crippen LogP contribution is -2.24. The van der Waals surface area contributed by atoms with E-state index < -0.39 is 0 Å². The van der Waals surface area contributed by atoms with Gasteiger partial charge in [0.2, 0.25) is 5.88 Å². The maximum absolute atomic E-state index is 12.0. The molecule has 6 heteroatoms. The molecule has 0 aliphatic rings. The van der Waals surface area contributed by atoms with Gasteiger partial charge >= 0.3 is 0 Å². The van der Waals surface area contributed by atoms with Gasteiger partial charge in [-0.3, -0.25) is 4.79 Å². The highest BCUT2D eigenvalue weighted by Gasteiger charge is 2.08. The Balaban J connectivity index is 1.63. The van der Waals surface area contributed by atoms with Crippen molar-refractivity contribution in [2.75, 3.05) is 6.61 Å². The molecule has 1 aromatic carbocycles. The summed E-state index contributed by atoms with van der Waals surface area (Å²) < 4.78 is 5.19. The lowest BCUT2D eigenvalue weighted by molar-refractivity contribution is 0.0944. The summed E-state index contributed by atoms with van der Waals surface area (Å²) in [6.45, 7) is 2.82. The highest BCUT2D eigenvalue weighted by atomic mass is 16.5. The van der Waals surface area contributed by atoms with Gasteiger partial charge in [-0.25, -0.2) is 0 Å². The quantitative estimate of drug-likeness (QED) is 0.757. The van der Waals surface area contributed by atoms with Gasteiger partial charge < -0.3 is 15.0 Å². The Morgan fingerprint density at radius 2 is 2.14 bits per heavy atom. The summed E-state index contributed by atoms with van der Waals surface area (Å²) in [5, 5.41) is 11.6. The summed E-state index contributed by atoms with van der Waals surface area (Å²) in [6, 6.07) is 11.2. The van der Waals surface area contributed by atoms with E-state index >= 15 is 0 Å². The van der Waals surface area contributed by atoms with Crippen LogP contribution in [0.3, 0.4) is 0 Å².